The summed E-state index contributed by atoms with van der Waals surface area (Å²) in [6.45, 7) is 2.51. The maximum Gasteiger partial charge on any atom is 0.320 e. The van der Waals surface area contributed by atoms with Gasteiger partial charge in [0.1, 0.15) is 6.20 Å². The summed E-state index contributed by atoms with van der Waals surface area (Å²) >= 11 is 0. The summed E-state index contributed by atoms with van der Waals surface area (Å²) in [7, 11) is 0. The van der Waals surface area contributed by atoms with E-state index in [0.717, 1.165) is 41.7 Å². The van der Waals surface area contributed by atoms with Gasteiger partial charge in [-0.3, -0.25) is 19.6 Å². The van der Waals surface area contributed by atoms with Crippen molar-refractivity contribution < 1.29 is 28.7 Å². The lowest BCUT2D eigenvalue weighted by molar-refractivity contribution is -0.385. The summed E-state index contributed by atoms with van der Waals surface area (Å²) in [5.74, 6) is 1.87. The van der Waals surface area contributed by atoms with Crippen LogP contribution in [0.1, 0.15) is 53.8 Å². The first-order valence-electron chi connectivity index (χ1n) is 13.1. The predicted octanol–water partition coefficient (Wildman–Crippen LogP) is 4.71. The van der Waals surface area contributed by atoms with Crippen molar-refractivity contribution in [2.24, 2.45) is 11.0 Å². The minimum Gasteiger partial charge on any atom is -0.454 e. The zero-order chi connectivity index (χ0) is 27.4. The number of rotatable bonds is 5. The quantitative estimate of drug-likeness (QED) is 0.334. The number of aryl methyl sites for hydroxylation is 1. The molecule has 1 saturated carbocycles. The fourth-order valence-electron chi connectivity index (χ4n) is 5.77. The van der Waals surface area contributed by atoms with Gasteiger partial charge in [-0.25, -0.2) is 5.01 Å². The second-order valence-corrected chi connectivity index (χ2v) is 9.95. The summed E-state index contributed by atoms with van der Waals surface area (Å²) < 4.78 is 23.5. The van der Waals surface area contributed by atoms with Crippen molar-refractivity contribution in [1.82, 2.24) is 14.8 Å². The Bertz CT molecular complexity index is 1610. The number of amides is 1. The van der Waals surface area contributed by atoms with E-state index in [1.165, 1.54) is 15.9 Å². The van der Waals surface area contributed by atoms with E-state index in [1.54, 1.807) is 6.92 Å². The summed E-state index contributed by atoms with van der Waals surface area (Å²) in [5.41, 5.74) is 2.96. The summed E-state index contributed by atoms with van der Waals surface area (Å²) in [6.07, 6.45) is 5.82. The minimum atomic E-state index is -0.620. The van der Waals surface area contributed by atoms with E-state index >= 15 is 0 Å². The minimum absolute atomic E-state index is 0.120. The molecule has 0 unspecified atom stereocenters. The summed E-state index contributed by atoms with van der Waals surface area (Å²) in [6, 6.07) is 10.8. The van der Waals surface area contributed by atoms with Crippen molar-refractivity contribution in [2.75, 3.05) is 13.6 Å². The van der Waals surface area contributed by atoms with Crippen molar-refractivity contribution in [2.45, 2.75) is 38.8 Å². The molecule has 0 saturated heterocycles. The van der Waals surface area contributed by atoms with Crippen LogP contribution in [0.25, 0.3) is 6.08 Å². The molecule has 12 heteroatoms. The van der Waals surface area contributed by atoms with Crippen LogP contribution >= 0.6 is 0 Å². The Morgan fingerprint density at radius 3 is 2.55 bits per heavy atom. The standard InChI is InChI=1S/C28H25N5O7/c1-2-31-13-20(33(35)36)26(29-31)28(34)32-27(18-7-9-22-24(12-18)40-15-38-22)19-5-3-4-17(25(19)30-32)10-16-6-8-21-23(11-16)39-14-37-21/h6-13,19,27H,2-5,14-15H2,1H3/b17-10-/t19-,27+/m0/s1. The first kappa shape index (κ1) is 24.2. The number of carbonyl (C=O) groups is 1. The lowest BCUT2D eigenvalue weighted by Crippen LogP contribution is -2.32. The van der Waals surface area contributed by atoms with E-state index in [2.05, 4.69) is 11.2 Å². The third kappa shape index (κ3) is 3.94. The Balaban J connectivity index is 1.32. The first-order valence-corrected chi connectivity index (χ1v) is 13.1. The number of allylic oxidation sites excluding steroid dienone is 1. The summed E-state index contributed by atoms with van der Waals surface area (Å²) in [5, 5.41) is 22.3. The van der Waals surface area contributed by atoms with E-state index in [9.17, 15) is 14.9 Å². The van der Waals surface area contributed by atoms with Gasteiger partial charge < -0.3 is 18.9 Å². The van der Waals surface area contributed by atoms with Gasteiger partial charge in [0.2, 0.25) is 19.3 Å². The second kappa shape index (κ2) is 9.40. The molecule has 1 aromatic heterocycles. The Hall–Kier alpha value is -4.87. The molecule has 40 heavy (non-hydrogen) atoms. The highest BCUT2D eigenvalue weighted by molar-refractivity contribution is 6.09. The molecule has 1 amide bonds. The molecule has 4 heterocycles. The van der Waals surface area contributed by atoms with Crippen molar-refractivity contribution >= 4 is 23.4 Å². The van der Waals surface area contributed by atoms with Gasteiger partial charge in [0.05, 0.1) is 16.7 Å². The molecule has 3 aliphatic heterocycles. The van der Waals surface area contributed by atoms with Crippen molar-refractivity contribution in [3.05, 3.63) is 75.1 Å². The molecule has 0 spiro atoms. The fraction of sp³-hybridized carbons (Fsp3) is 0.321. The van der Waals surface area contributed by atoms with Gasteiger partial charge >= 0.3 is 11.6 Å². The van der Waals surface area contributed by atoms with E-state index in [1.807, 2.05) is 36.4 Å². The average molecular weight is 544 g/mol. The molecule has 2 atom stereocenters. The maximum absolute atomic E-state index is 14.0. The van der Waals surface area contributed by atoms with Crippen LogP contribution < -0.4 is 18.9 Å². The molecule has 4 aliphatic rings. The van der Waals surface area contributed by atoms with Crippen LogP contribution in [0, 0.1) is 16.0 Å². The normalized spacial score (nSPS) is 21.5. The van der Waals surface area contributed by atoms with Crippen molar-refractivity contribution in [3.63, 3.8) is 0 Å². The number of hydrogen-bond acceptors (Lipinski definition) is 9. The number of hydrazone groups is 1. The molecule has 1 aliphatic carbocycles. The van der Waals surface area contributed by atoms with Gasteiger partial charge in [0.25, 0.3) is 0 Å². The fourth-order valence-corrected chi connectivity index (χ4v) is 5.77. The number of nitro groups is 1. The van der Waals surface area contributed by atoms with Crippen LogP contribution in [0.15, 0.2) is 53.3 Å². The third-order valence-corrected chi connectivity index (χ3v) is 7.65. The number of aromatic nitrogens is 2. The number of carbonyl (C=O) groups excluding carboxylic acids is 1. The molecular formula is C28H25N5O7. The van der Waals surface area contributed by atoms with E-state index in [0.29, 0.717) is 29.5 Å². The molecule has 204 valence electrons. The number of benzene rings is 2. The Kier molecular flexibility index (Phi) is 5.68. The van der Waals surface area contributed by atoms with Crippen LogP contribution in [0.2, 0.25) is 0 Å². The van der Waals surface area contributed by atoms with Crippen molar-refractivity contribution in [3.8, 4) is 23.0 Å². The van der Waals surface area contributed by atoms with Gasteiger partial charge in [0, 0.05) is 12.5 Å². The van der Waals surface area contributed by atoms with E-state index in [4.69, 9.17) is 24.0 Å². The number of hydrogen-bond donors (Lipinski definition) is 0. The van der Waals surface area contributed by atoms with E-state index in [-0.39, 0.29) is 30.9 Å². The van der Waals surface area contributed by atoms with Crippen molar-refractivity contribution in [1.29, 1.82) is 0 Å². The van der Waals surface area contributed by atoms with Crippen LogP contribution in [0.5, 0.6) is 23.0 Å². The van der Waals surface area contributed by atoms with Crippen LogP contribution in [-0.4, -0.2) is 44.9 Å². The molecule has 0 bridgehead atoms. The van der Waals surface area contributed by atoms with Crippen LogP contribution in [0.3, 0.4) is 0 Å². The molecule has 0 radical (unpaired) electrons. The zero-order valence-electron chi connectivity index (χ0n) is 21.6. The first-order chi connectivity index (χ1) is 19.5. The highest BCUT2D eigenvalue weighted by Crippen LogP contribution is 2.47. The average Bonchev–Trinajstić information content (AvgIpc) is 3.76. The smallest absolute Gasteiger partial charge is 0.320 e. The number of nitrogens with zero attached hydrogens (tertiary/aromatic N) is 5. The molecule has 0 N–H and O–H groups in total. The molecule has 3 aromatic rings. The van der Waals surface area contributed by atoms with Crippen LogP contribution in [0.4, 0.5) is 5.69 Å². The Labute approximate surface area is 228 Å². The zero-order valence-corrected chi connectivity index (χ0v) is 21.6. The van der Waals surface area contributed by atoms with Gasteiger partial charge in [-0.1, -0.05) is 12.1 Å². The molecular weight excluding hydrogens is 518 g/mol. The molecule has 2 aromatic carbocycles. The largest absolute Gasteiger partial charge is 0.454 e. The maximum atomic E-state index is 14.0. The van der Waals surface area contributed by atoms with Gasteiger partial charge in [-0.2, -0.15) is 10.2 Å². The van der Waals surface area contributed by atoms with Crippen LogP contribution in [-0.2, 0) is 6.54 Å². The lowest BCUT2D eigenvalue weighted by Gasteiger charge is -2.29. The number of ether oxygens (including phenoxy) is 4. The molecule has 12 nitrogen and oxygen atoms in total. The SMILES string of the molecule is CCn1cc([N+](=O)[O-])c(C(=O)N2N=C3/C(=C\c4ccc5c(c4)OCO5)CCC[C@@H]3[C@H]2c2ccc3c(c2)OCO3)n1. The Morgan fingerprint density at radius 1 is 1.07 bits per heavy atom. The monoisotopic (exact) mass is 543 g/mol. The number of fused-ring (bicyclic) bond motifs is 3. The second-order valence-electron chi connectivity index (χ2n) is 9.95. The summed E-state index contributed by atoms with van der Waals surface area (Å²) in [4.78, 5) is 25.2. The highest BCUT2D eigenvalue weighted by atomic mass is 16.7. The van der Waals surface area contributed by atoms with Gasteiger partial charge in [-0.15, -0.1) is 0 Å². The predicted molar refractivity (Wildman–Crippen MR) is 141 cm³/mol. The van der Waals surface area contributed by atoms with Gasteiger partial charge in [-0.05, 0) is 73.2 Å². The molecule has 7 rings (SSSR count). The van der Waals surface area contributed by atoms with E-state index < -0.39 is 16.9 Å². The van der Waals surface area contributed by atoms with Gasteiger partial charge in [0.15, 0.2) is 23.0 Å². The topological polar surface area (TPSA) is 131 Å². The highest BCUT2D eigenvalue weighted by Gasteiger charge is 2.46. The Morgan fingerprint density at radius 2 is 1.80 bits per heavy atom. The lowest BCUT2D eigenvalue weighted by atomic mass is 9.77. The molecule has 1 fully saturated rings. The third-order valence-electron chi connectivity index (χ3n) is 7.65.